The van der Waals surface area contributed by atoms with Crippen molar-refractivity contribution in [2.45, 2.75) is 32.9 Å². The molecule has 6 nitrogen and oxygen atoms in total. The molecule has 1 atom stereocenters. The number of aliphatic hydroxyl groups is 1. The number of carbonyl (C=O) groups is 2. The summed E-state index contributed by atoms with van der Waals surface area (Å²) in [7, 11) is 1.57. The highest BCUT2D eigenvalue weighted by Crippen LogP contribution is 2.41. The number of furan rings is 1. The number of methoxy groups -OCH3 is 1. The van der Waals surface area contributed by atoms with Crippen molar-refractivity contribution in [2.24, 2.45) is 0 Å². The first-order valence-corrected chi connectivity index (χ1v) is 10.5. The topological polar surface area (TPSA) is 80.0 Å². The third kappa shape index (κ3) is 3.91. The van der Waals surface area contributed by atoms with Gasteiger partial charge in [0.15, 0.2) is 0 Å². The van der Waals surface area contributed by atoms with E-state index < -0.39 is 17.7 Å². The number of likely N-dealkylation sites (tertiary alicyclic amines) is 1. The maximum Gasteiger partial charge on any atom is 0.296 e. The van der Waals surface area contributed by atoms with Gasteiger partial charge in [-0.1, -0.05) is 43.3 Å². The Bertz CT molecular complexity index is 1190. The first-order valence-electron chi connectivity index (χ1n) is 10.5. The van der Waals surface area contributed by atoms with Gasteiger partial charge in [-0.3, -0.25) is 9.59 Å². The molecule has 1 amide bonds. The van der Waals surface area contributed by atoms with Crippen LogP contribution in [-0.2, 0) is 22.6 Å². The fourth-order valence-corrected chi connectivity index (χ4v) is 3.96. The molecule has 1 fully saturated rings. The monoisotopic (exact) mass is 431 g/mol. The number of carbonyl (C=O) groups excluding carboxylic acids is 2. The molecular weight excluding hydrogens is 406 g/mol. The predicted molar refractivity (Wildman–Crippen MR) is 120 cm³/mol. The fourth-order valence-electron chi connectivity index (χ4n) is 3.96. The van der Waals surface area contributed by atoms with E-state index in [1.165, 1.54) is 4.90 Å². The lowest BCUT2D eigenvalue weighted by Gasteiger charge is -2.23. The molecule has 0 saturated carbocycles. The quantitative estimate of drug-likeness (QED) is 0.345. The van der Waals surface area contributed by atoms with Crippen LogP contribution in [0.5, 0.6) is 5.75 Å². The zero-order valence-electron chi connectivity index (χ0n) is 18.3. The predicted octanol–water partition coefficient (Wildman–Crippen LogP) is 4.78. The lowest BCUT2D eigenvalue weighted by atomic mass is 9.98. The molecule has 0 aliphatic carbocycles. The molecule has 32 heavy (non-hydrogen) atoms. The SMILES string of the molecule is CCc1ccc(/C(O)=C2/C(=O)C(=O)N(Cc3cccc(OC)c3)C2c2ccc(C)o2)cc1. The van der Waals surface area contributed by atoms with E-state index in [0.717, 1.165) is 17.5 Å². The van der Waals surface area contributed by atoms with Gasteiger partial charge in [0, 0.05) is 12.1 Å². The lowest BCUT2D eigenvalue weighted by molar-refractivity contribution is -0.140. The number of aryl methyl sites for hydroxylation is 2. The second kappa shape index (κ2) is 8.75. The highest BCUT2D eigenvalue weighted by atomic mass is 16.5. The normalized spacial score (nSPS) is 17.7. The van der Waals surface area contributed by atoms with E-state index in [9.17, 15) is 14.7 Å². The summed E-state index contributed by atoms with van der Waals surface area (Å²) in [5.41, 5.74) is 2.41. The van der Waals surface area contributed by atoms with Crippen molar-refractivity contribution in [3.8, 4) is 5.75 Å². The molecule has 0 radical (unpaired) electrons. The Kier molecular flexibility index (Phi) is 5.86. The first kappa shape index (κ1) is 21.4. The Morgan fingerprint density at radius 2 is 1.81 bits per heavy atom. The molecule has 4 rings (SSSR count). The summed E-state index contributed by atoms with van der Waals surface area (Å²) in [6.07, 6.45) is 0.859. The molecule has 1 saturated heterocycles. The third-order valence-electron chi connectivity index (χ3n) is 5.69. The molecule has 3 aromatic rings. The molecule has 1 unspecified atom stereocenters. The molecule has 1 aliphatic rings. The summed E-state index contributed by atoms with van der Waals surface area (Å²) >= 11 is 0. The van der Waals surface area contributed by atoms with E-state index in [-0.39, 0.29) is 17.9 Å². The second-order valence-electron chi connectivity index (χ2n) is 7.78. The van der Waals surface area contributed by atoms with E-state index in [2.05, 4.69) is 0 Å². The number of hydrogen-bond donors (Lipinski definition) is 1. The Morgan fingerprint density at radius 1 is 1.06 bits per heavy atom. The van der Waals surface area contributed by atoms with Crippen molar-refractivity contribution < 1.29 is 23.8 Å². The van der Waals surface area contributed by atoms with Gasteiger partial charge in [0.2, 0.25) is 0 Å². The van der Waals surface area contributed by atoms with Gasteiger partial charge in [-0.25, -0.2) is 0 Å². The number of hydrogen-bond acceptors (Lipinski definition) is 5. The maximum atomic E-state index is 13.1. The molecule has 0 bridgehead atoms. The summed E-state index contributed by atoms with van der Waals surface area (Å²) in [5.74, 6) is 0.108. The largest absolute Gasteiger partial charge is 0.507 e. The Balaban J connectivity index is 1.81. The van der Waals surface area contributed by atoms with E-state index in [0.29, 0.717) is 22.8 Å². The van der Waals surface area contributed by atoms with Crippen molar-refractivity contribution in [3.63, 3.8) is 0 Å². The number of aliphatic hydroxyl groups excluding tert-OH is 1. The van der Waals surface area contributed by atoms with Crippen LogP contribution >= 0.6 is 0 Å². The molecular formula is C26H25NO5. The summed E-state index contributed by atoms with van der Waals surface area (Å²) in [4.78, 5) is 27.6. The molecule has 1 N–H and O–H groups in total. The van der Waals surface area contributed by atoms with Gasteiger partial charge in [0.25, 0.3) is 11.7 Å². The number of nitrogens with zero attached hydrogens (tertiary/aromatic N) is 1. The van der Waals surface area contributed by atoms with E-state index in [1.807, 2.05) is 43.3 Å². The minimum atomic E-state index is -0.833. The molecule has 0 spiro atoms. The number of Topliss-reactive ketones (excluding diaryl/α,β-unsaturated/α-hetero) is 1. The van der Waals surface area contributed by atoms with Gasteiger partial charge in [0.1, 0.15) is 29.1 Å². The molecule has 2 aromatic carbocycles. The number of ketones is 1. The molecule has 6 heteroatoms. The lowest BCUT2D eigenvalue weighted by Crippen LogP contribution is -2.29. The number of ether oxygens (including phenoxy) is 1. The Labute approximate surface area is 186 Å². The van der Waals surface area contributed by atoms with E-state index in [4.69, 9.17) is 9.15 Å². The average molecular weight is 431 g/mol. The molecule has 1 aliphatic heterocycles. The van der Waals surface area contributed by atoms with Crippen LogP contribution in [0.1, 0.15) is 41.2 Å². The van der Waals surface area contributed by atoms with E-state index >= 15 is 0 Å². The Hall–Kier alpha value is -3.80. The highest BCUT2D eigenvalue weighted by Gasteiger charge is 2.47. The first-order chi connectivity index (χ1) is 15.4. The van der Waals surface area contributed by atoms with Crippen molar-refractivity contribution in [1.29, 1.82) is 0 Å². The van der Waals surface area contributed by atoms with Crippen molar-refractivity contribution in [2.75, 3.05) is 7.11 Å². The average Bonchev–Trinajstić information content (AvgIpc) is 3.35. The van der Waals surface area contributed by atoms with Crippen LogP contribution in [0.2, 0.25) is 0 Å². The maximum absolute atomic E-state index is 13.1. The van der Waals surface area contributed by atoms with Gasteiger partial charge < -0.3 is 19.2 Å². The van der Waals surface area contributed by atoms with Crippen LogP contribution in [0.3, 0.4) is 0 Å². The zero-order chi connectivity index (χ0) is 22.8. The van der Waals surface area contributed by atoms with E-state index in [1.54, 1.807) is 38.3 Å². The summed E-state index contributed by atoms with van der Waals surface area (Å²) in [6.45, 7) is 4.00. The Morgan fingerprint density at radius 3 is 2.44 bits per heavy atom. The van der Waals surface area contributed by atoms with Crippen molar-refractivity contribution in [1.82, 2.24) is 4.90 Å². The number of rotatable bonds is 6. The number of amides is 1. The summed E-state index contributed by atoms with van der Waals surface area (Å²) in [5, 5.41) is 11.1. The van der Waals surface area contributed by atoms with Gasteiger partial charge in [0.05, 0.1) is 12.7 Å². The third-order valence-corrected chi connectivity index (χ3v) is 5.69. The van der Waals surface area contributed by atoms with Crippen LogP contribution in [0.4, 0.5) is 0 Å². The summed E-state index contributed by atoms with van der Waals surface area (Å²) in [6, 6.07) is 17.3. The van der Waals surface area contributed by atoms with Gasteiger partial charge in [-0.05, 0) is 48.7 Å². The van der Waals surface area contributed by atoms with Gasteiger partial charge in [-0.15, -0.1) is 0 Å². The zero-order valence-corrected chi connectivity index (χ0v) is 18.3. The fraction of sp³-hybridized carbons (Fsp3) is 0.231. The van der Waals surface area contributed by atoms with Crippen molar-refractivity contribution in [3.05, 3.63) is 94.4 Å². The van der Waals surface area contributed by atoms with Crippen LogP contribution in [-0.4, -0.2) is 28.8 Å². The molecule has 2 heterocycles. The smallest absolute Gasteiger partial charge is 0.296 e. The minimum Gasteiger partial charge on any atom is -0.507 e. The van der Waals surface area contributed by atoms with Gasteiger partial charge >= 0.3 is 0 Å². The summed E-state index contributed by atoms with van der Waals surface area (Å²) < 4.78 is 11.1. The van der Waals surface area contributed by atoms with Crippen molar-refractivity contribution >= 4 is 17.4 Å². The van der Waals surface area contributed by atoms with Gasteiger partial charge in [-0.2, -0.15) is 0 Å². The minimum absolute atomic E-state index is 0.0245. The van der Waals surface area contributed by atoms with Crippen LogP contribution in [0, 0.1) is 6.92 Å². The van der Waals surface area contributed by atoms with Crippen LogP contribution in [0.15, 0.2) is 70.7 Å². The second-order valence-corrected chi connectivity index (χ2v) is 7.78. The highest BCUT2D eigenvalue weighted by molar-refractivity contribution is 6.46. The molecule has 164 valence electrons. The standard InChI is InChI=1S/C26H25NO5/c1-4-17-9-11-19(12-10-17)24(28)22-23(21-13-8-16(2)32-21)27(26(30)25(22)29)15-18-6-5-7-20(14-18)31-3/h5-14,23,28H,4,15H2,1-3H3/b24-22-. The molecule has 1 aromatic heterocycles. The number of benzene rings is 2. The van der Waals surface area contributed by atoms with Crippen LogP contribution in [0.25, 0.3) is 5.76 Å². The van der Waals surface area contributed by atoms with Crippen LogP contribution < -0.4 is 4.74 Å².